The first-order valence-electron chi connectivity index (χ1n) is 7.58. The number of phenols is 2. The van der Waals surface area contributed by atoms with Crippen LogP contribution in [-0.2, 0) is 19.7 Å². The summed E-state index contributed by atoms with van der Waals surface area (Å²) in [4.78, 5) is 0. The van der Waals surface area contributed by atoms with Crippen LogP contribution in [0.25, 0.3) is 12.2 Å². The molecule has 2 aromatic rings. The highest BCUT2D eigenvalue weighted by Crippen LogP contribution is 2.36. The van der Waals surface area contributed by atoms with Crippen LogP contribution in [0.5, 0.6) is 17.2 Å². The minimum absolute atomic E-state index is 0.0505. The SMILES string of the molecule is COc1cc(/C=C/S(=O)(=O)CS(=O)(=O)/C=C/c2ccccc2)cc(O)c1O. The smallest absolute Gasteiger partial charge is 0.200 e. The van der Waals surface area contributed by atoms with E-state index < -0.39 is 36.3 Å². The average molecular weight is 410 g/mol. The van der Waals surface area contributed by atoms with Crippen LogP contribution in [0, 0.1) is 0 Å². The largest absolute Gasteiger partial charge is 0.504 e. The van der Waals surface area contributed by atoms with Gasteiger partial charge in [0, 0.05) is 10.8 Å². The van der Waals surface area contributed by atoms with Gasteiger partial charge in [-0.25, -0.2) is 16.8 Å². The van der Waals surface area contributed by atoms with E-state index >= 15 is 0 Å². The fourth-order valence-corrected chi connectivity index (χ4v) is 5.29. The van der Waals surface area contributed by atoms with Crippen LogP contribution in [0.3, 0.4) is 0 Å². The Hall–Kier alpha value is -2.78. The molecule has 0 unspecified atom stereocenters. The first-order chi connectivity index (χ1) is 12.6. The monoisotopic (exact) mass is 410 g/mol. The number of methoxy groups -OCH3 is 1. The Morgan fingerprint density at radius 1 is 0.889 bits per heavy atom. The van der Waals surface area contributed by atoms with Gasteiger partial charge in [0.05, 0.1) is 7.11 Å². The molecule has 0 bridgehead atoms. The zero-order chi connectivity index (χ0) is 20.1. The molecule has 0 spiro atoms. The molecule has 0 radical (unpaired) electrons. The van der Waals surface area contributed by atoms with E-state index in [1.54, 1.807) is 30.3 Å². The first-order valence-corrected chi connectivity index (χ1v) is 11.0. The second-order valence-corrected chi connectivity index (χ2v) is 9.69. The third-order valence-electron chi connectivity index (χ3n) is 3.36. The lowest BCUT2D eigenvalue weighted by Gasteiger charge is -2.06. The fraction of sp³-hybridized carbons (Fsp3) is 0.111. The van der Waals surface area contributed by atoms with Crippen molar-refractivity contribution in [3.63, 3.8) is 0 Å². The molecule has 0 aromatic heterocycles. The number of hydrogen-bond acceptors (Lipinski definition) is 7. The van der Waals surface area contributed by atoms with Gasteiger partial charge in [-0.1, -0.05) is 30.3 Å². The van der Waals surface area contributed by atoms with Crippen molar-refractivity contribution in [3.8, 4) is 17.2 Å². The molecular formula is C18H18O7S2. The van der Waals surface area contributed by atoms with Crippen molar-refractivity contribution in [3.05, 3.63) is 64.4 Å². The van der Waals surface area contributed by atoms with Gasteiger partial charge in [0.2, 0.25) is 5.75 Å². The summed E-state index contributed by atoms with van der Waals surface area (Å²) in [7, 11) is -6.82. The van der Waals surface area contributed by atoms with Crippen LogP contribution in [0.2, 0.25) is 0 Å². The molecule has 0 saturated heterocycles. The van der Waals surface area contributed by atoms with Gasteiger partial charge in [-0.3, -0.25) is 0 Å². The molecule has 0 heterocycles. The molecule has 0 saturated carbocycles. The molecule has 27 heavy (non-hydrogen) atoms. The van der Waals surface area contributed by atoms with Gasteiger partial charge in [0.1, 0.15) is 0 Å². The second kappa shape index (κ2) is 8.28. The highest BCUT2D eigenvalue weighted by molar-refractivity contribution is 8.10. The topological polar surface area (TPSA) is 118 Å². The van der Waals surface area contributed by atoms with Crippen molar-refractivity contribution < 1.29 is 31.8 Å². The Kier molecular flexibility index (Phi) is 6.29. The lowest BCUT2D eigenvalue weighted by atomic mass is 10.2. The molecule has 0 aliphatic heterocycles. The van der Waals surface area contributed by atoms with Crippen LogP contribution in [-0.4, -0.2) is 39.2 Å². The predicted molar refractivity (Wildman–Crippen MR) is 104 cm³/mol. The van der Waals surface area contributed by atoms with Gasteiger partial charge in [-0.2, -0.15) is 0 Å². The molecule has 144 valence electrons. The van der Waals surface area contributed by atoms with Crippen LogP contribution in [0.15, 0.2) is 53.3 Å². The van der Waals surface area contributed by atoms with Gasteiger partial charge < -0.3 is 14.9 Å². The molecule has 0 aliphatic carbocycles. The van der Waals surface area contributed by atoms with E-state index in [4.69, 9.17) is 4.74 Å². The van der Waals surface area contributed by atoms with Crippen LogP contribution >= 0.6 is 0 Å². The van der Waals surface area contributed by atoms with Crippen molar-refractivity contribution in [2.75, 3.05) is 12.2 Å². The maximum Gasteiger partial charge on any atom is 0.200 e. The summed E-state index contributed by atoms with van der Waals surface area (Å²) in [6.07, 6.45) is 2.42. The standard InChI is InChI=1S/C18H18O7S2/c1-25-17-12-15(11-16(19)18(17)20)8-10-27(23,24)13-26(21,22)9-7-14-5-3-2-4-6-14/h2-12,19-20H,13H2,1H3/b9-7+,10-8+. The maximum atomic E-state index is 12.1. The molecule has 0 aliphatic rings. The number of hydrogen-bond donors (Lipinski definition) is 2. The normalized spacial score (nSPS) is 12.6. The zero-order valence-corrected chi connectivity index (χ0v) is 15.9. The highest BCUT2D eigenvalue weighted by atomic mass is 32.3. The van der Waals surface area contributed by atoms with Crippen LogP contribution in [0.4, 0.5) is 0 Å². The van der Waals surface area contributed by atoms with E-state index in [0.29, 0.717) is 5.56 Å². The summed E-state index contributed by atoms with van der Waals surface area (Å²) in [6, 6.07) is 11.0. The molecule has 0 fully saturated rings. The third kappa shape index (κ3) is 6.15. The number of rotatable bonds is 7. The number of sulfone groups is 2. The molecule has 7 nitrogen and oxygen atoms in total. The van der Waals surface area contributed by atoms with Crippen molar-refractivity contribution in [1.82, 2.24) is 0 Å². The zero-order valence-electron chi connectivity index (χ0n) is 14.3. The third-order valence-corrected chi connectivity index (χ3v) is 7.09. The quantitative estimate of drug-likeness (QED) is 0.673. The van der Waals surface area contributed by atoms with Crippen molar-refractivity contribution in [1.29, 1.82) is 0 Å². The molecule has 2 rings (SSSR count). The van der Waals surface area contributed by atoms with E-state index in [1.165, 1.54) is 19.3 Å². The van der Waals surface area contributed by atoms with Gasteiger partial charge in [-0.15, -0.1) is 0 Å². The number of aromatic hydroxyl groups is 2. The molecule has 2 aromatic carbocycles. The number of benzene rings is 2. The Labute approximate surface area is 157 Å². The minimum Gasteiger partial charge on any atom is -0.504 e. The summed E-state index contributed by atoms with van der Waals surface area (Å²) in [5, 5.41) is 19.6. The lowest BCUT2D eigenvalue weighted by molar-refractivity contribution is 0.351. The van der Waals surface area contributed by atoms with E-state index in [0.717, 1.165) is 23.0 Å². The highest BCUT2D eigenvalue weighted by Gasteiger charge is 2.18. The van der Waals surface area contributed by atoms with Crippen molar-refractivity contribution in [2.45, 2.75) is 0 Å². The molecule has 2 N–H and O–H groups in total. The summed E-state index contributed by atoms with van der Waals surface area (Å²) in [5.41, 5.74) is 0.837. The molecular weight excluding hydrogens is 392 g/mol. The number of ether oxygens (including phenoxy) is 1. The molecule has 0 atom stereocenters. The summed E-state index contributed by atoms with van der Waals surface area (Å²) in [5.74, 6) is -1.03. The van der Waals surface area contributed by atoms with Crippen molar-refractivity contribution >= 4 is 31.8 Å². The Balaban J connectivity index is 2.18. The lowest BCUT2D eigenvalue weighted by Crippen LogP contribution is -2.11. The van der Waals surface area contributed by atoms with E-state index in [1.807, 2.05) is 0 Å². The van der Waals surface area contributed by atoms with Crippen LogP contribution in [0.1, 0.15) is 11.1 Å². The average Bonchev–Trinajstić information content (AvgIpc) is 2.61. The van der Waals surface area contributed by atoms with Gasteiger partial charge in [0.15, 0.2) is 36.3 Å². The van der Waals surface area contributed by atoms with Crippen LogP contribution < -0.4 is 4.74 Å². The van der Waals surface area contributed by atoms with Crippen molar-refractivity contribution in [2.24, 2.45) is 0 Å². The minimum atomic E-state index is -4.09. The van der Waals surface area contributed by atoms with E-state index in [9.17, 15) is 27.0 Å². The Bertz CT molecular complexity index is 1070. The number of phenolic OH excluding ortho intramolecular Hbond substituents is 2. The Morgan fingerprint density at radius 3 is 2.00 bits per heavy atom. The summed E-state index contributed by atoms with van der Waals surface area (Å²) >= 11 is 0. The fourth-order valence-electron chi connectivity index (χ4n) is 2.10. The van der Waals surface area contributed by atoms with Gasteiger partial charge in [-0.05, 0) is 35.4 Å². The molecule has 9 heteroatoms. The summed E-state index contributed by atoms with van der Waals surface area (Å²) < 4.78 is 53.1. The second-order valence-electron chi connectivity index (χ2n) is 5.55. The maximum absolute atomic E-state index is 12.1. The molecule has 0 amide bonds. The summed E-state index contributed by atoms with van der Waals surface area (Å²) in [6.45, 7) is 0. The predicted octanol–water partition coefficient (Wildman–Crippen LogP) is 2.54. The van der Waals surface area contributed by atoms with Gasteiger partial charge in [0.25, 0.3) is 0 Å². The van der Waals surface area contributed by atoms with E-state index in [-0.39, 0.29) is 11.3 Å². The van der Waals surface area contributed by atoms with E-state index in [2.05, 4.69) is 0 Å². The van der Waals surface area contributed by atoms with Gasteiger partial charge >= 0.3 is 0 Å². The first kappa shape index (κ1) is 20.5. The Morgan fingerprint density at radius 2 is 1.44 bits per heavy atom.